The number of carbonyl (C=O) groups is 2. The van der Waals surface area contributed by atoms with Gasteiger partial charge in [0.25, 0.3) is 0 Å². The molecule has 16 bridgehead atoms. The second-order valence-corrected chi connectivity index (χ2v) is 28.6. The number of aromatic nitrogens is 10. The van der Waals surface area contributed by atoms with Gasteiger partial charge in [0.2, 0.25) is 0 Å². The molecule has 8 heterocycles. The zero-order valence-corrected chi connectivity index (χ0v) is 59.0. The molecule has 22 heteroatoms. The van der Waals surface area contributed by atoms with Gasteiger partial charge in [0.15, 0.2) is 0 Å². The second-order valence-electron chi connectivity index (χ2n) is 23.7. The Hall–Kier alpha value is -7.72. The number of rotatable bonds is 2. The monoisotopic (exact) mass is 1370 g/mol. The van der Waals surface area contributed by atoms with Crippen molar-refractivity contribution in [2.75, 3.05) is 27.4 Å². The Bertz CT molecular complexity index is 4640. The highest BCUT2D eigenvalue weighted by atomic mass is 35.5. The van der Waals surface area contributed by atoms with Crippen molar-refractivity contribution in [3.05, 3.63) is 187 Å². The highest BCUT2D eigenvalue weighted by molar-refractivity contribution is 7.99. The van der Waals surface area contributed by atoms with Gasteiger partial charge >= 0.3 is 11.9 Å². The van der Waals surface area contributed by atoms with Crippen molar-refractivity contribution >= 4 is 126 Å². The number of esters is 2. The number of halogens is 2. The van der Waals surface area contributed by atoms with Crippen LogP contribution in [-0.2, 0) is 99.1 Å². The standard InChI is InChI=1S/2C36H36ClN5O3S2/c2*1-21-32-30(39-41(21)3)20-46-18-23-16-24(42(4)38-23)19-47-25-15-22-9-6-7-10-26(22)31(17-25)45-14-8-11-27-28-12-13-29(37)33(32)34(28)40(2)35(27)36(43)44-5/h2*6-7,9-10,12-13,15-17H,8,11,14,18-20H2,1-5H3. The maximum atomic E-state index is 13.3. The first-order valence-corrected chi connectivity index (χ1v) is 36.1. The first kappa shape index (κ1) is 65.0. The lowest BCUT2D eigenvalue weighted by molar-refractivity contribution is 0.0580. The van der Waals surface area contributed by atoms with Gasteiger partial charge in [-0.15, -0.1) is 47.0 Å². The van der Waals surface area contributed by atoms with Crippen molar-refractivity contribution in [3.63, 3.8) is 0 Å². The first-order chi connectivity index (χ1) is 45.5. The van der Waals surface area contributed by atoms with E-state index in [0.717, 1.165) is 155 Å². The van der Waals surface area contributed by atoms with Crippen LogP contribution in [0.25, 0.3) is 65.6 Å². The lowest BCUT2D eigenvalue weighted by Gasteiger charge is -2.12. The molecule has 2 aliphatic rings. The first-order valence-electron chi connectivity index (χ1n) is 31.1. The number of fused-ring (bicyclic) bond motifs is 16. The van der Waals surface area contributed by atoms with E-state index in [4.69, 9.17) is 62.5 Å². The summed E-state index contributed by atoms with van der Waals surface area (Å²) in [6.45, 7) is 5.11. The lowest BCUT2D eigenvalue weighted by Crippen LogP contribution is -2.11. The zero-order valence-electron chi connectivity index (χ0n) is 54.2. The molecule has 484 valence electrons. The maximum Gasteiger partial charge on any atom is 0.354 e. The third kappa shape index (κ3) is 12.5. The van der Waals surface area contributed by atoms with Crippen LogP contribution in [0.15, 0.2) is 119 Å². The van der Waals surface area contributed by atoms with Crippen molar-refractivity contribution in [3.8, 4) is 33.8 Å². The van der Waals surface area contributed by atoms with E-state index in [0.29, 0.717) is 71.8 Å². The molecule has 0 radical (unpaired) electrons. The van der Waals surface area contributed by atoms with Gasteiger partial charge in [-0.2, -0.15) is 20.4 Å². The average molecular weight is 1370 g/mol. The number of ether oxygens (including phenoxy) is 4. The number of benzene rings is 6. The van der Waals surface area contributed by atoms with Crippen molar-refractivity contribution in [2.45, 2.75) is 83.8 Å². The molecule has 0 N–H and O–H groups in total. The summed E-state index contributed by atoms with van der Waals surface area (Å²) in [5, 5.41) is 27.2. The van der Waals surface area contributed by atoms with Crippen LogP contribution in [0.1, 0.15) is 90.5 Å². The minimum Gasteiger partial charge on any atom is -0.493 e. The van der Waals surface area contributed by atoms with E-state index in [1.54, 1.807) is 47.0 Å². The number of nitrogens with zero attached hydrogens (tertiary/aromatic N) is 10. The Morgan fingerprint density at radius 1 is 0.479 bits per heavy atom. The van der Waals surface area contributed by atoms with Crippen LogP contribution in [0, 0.1) is 13.8 Å². The molecule has 0 atom stereocenters. The van der Waals surface area contributed by atoms with E-state index >= 15 is 0 Å². The molecule has 0 saturated carbocycles. The molecule has 6 aromatic heterocycles. The van der Waals surface area contributed by atoms with Gasteiger partial charge in [-0.05, 0) is 110 Å². The average Bonchev–Trinajstić information content (AvgIpc) is 1.58. The molecule has 0 saturated heterocycles. The SMILES string of the molecule is COC(=O)c1c2c3ccc(Cl)c(c3n1C)-c1c(nn(C)c1C)CSCc1cc(n(C)n1)CSc1cc(c3ccccc3c1)OCCC2.COC(=O)c1c2c3ccc(Cl)c(c3n1C)-c1c(nn(C)c1C)CSCc1cc(n(C)n1)CSc1cc(c3ccccc3c1)OCCC2. The van der Waals surface area contributed by atoms with Crippen LogP contribution in [0.3, 0.4) is 0 Å². The largest absolute Gasteiger partial charge is 0.493 e. The predicted molar refractivity (Wildman–Crippen MR) is 383 cm³/mol. The smallest absolute Gasteiger partial charge is 0.354 e. The van der Waals surface area contributed by atoms with Crippen LogP contribution >= 0.6 is 70.2 Å². The van der Waals surface area contributed by atoms with E-state index in [1.807, 2.05) is 107 Å². The fourth-order valence-electron chi connectivity index (χ4n) is 13.2. The maximum absolute atomic E-state index is 13.3. The van der Waals surface area contributed by atoms with Crippen LogP contribution in [-0.4, -0.2) is 87.6 Å². The molecule has 94 heavy (non-hydrogen) atoms. The van der Waals surface area contributed by atoms with Gasteiger partial charge in [0, 0.05) is 153 Å². The molecule has 0 amide bonds. The number of hydrogen-bond donors (Lipinski definition) is 0. The van der Waals surface area contributed by atoms with Gasteiger partial charge in [-0.1, -0.05) is 83.9 Å². The summed E-state index contributed by atoms with van der Waals surface area (Å²) in [6.07, 6.45) is 2.68. The highest BCUT2D eigenvalue weighted by Gasteiger charge is 2.31. The van der Waals surface area contributed by atoms with Crippen molar-refractivity contribution in [1.82, 2.24) is 48.3 Å². The van der Waals surface area contributed by atoms with Crippen LogP contribution in [0.5, 0.6) is 11.5 Å². The van der Waals surface area contributed by atoms with E-state index in [1.165, 1.54) is 25.6 Å². The molecule has 0 spiro atoms. The summed E-state index contributed by atoms with van der Waals surface area (Å²) in [5.74, 6) is 5.43. The summed E-state index contributed by atoms with van der Waals surface area (Å²) in [5.41, 5.74) is 16.8. The molecule has 2 aliphatic heterocycles. The van der Waals surface area contributed by atoms with Crippen molar-refractivity contribution in [2.24, 2.45) is 42.3 Å². The summed E-state index contributed by atoms with van der Waals surface area (Å²) in [6, 6.07) is 37.7. The molecule has 14 rings (SSSR count). The van der Waals surface area contributed by atoms with Crippen LogP contribution < -0.4 is 9.47 Å². The quantitative estimate of drug-likeness (QED) is 0.151. The number of methoxy groups -OCH3 is 2. The third-order valence-corrected chi connectivity index (χ3v) is 22.5. The topological polar surface area (TPSA) is 152 Å². The molecule has 6 aromatic carbocycles. The summed E-state index contributed by atoms with van der Waals surface area (Å²) in [4.78, 5) is 28.9. The van der Waals surface area contributed by atoms with Crippen molar-refractivity contribution in [1.29, 1.82) is 0 Å². The molecule has 0 fully saturated rings. The van der Waals surface area contributed by atoms with Crippen LogP contribution in [0.2, 0.25) is 10.0 Å². The zero-order chi connectivity index (χ0) is 65.6. The Morgan fingerprint density at radius 3 is 1.31 bits per heavy atom. The minimum absolute atomic E-state index is 0.375. The van der Waals surface area contributed by atoms with E-state index in [9.17, 15) is 9.59 Å². The Kier molecular flexibility index (Phi) is 19.0. The fourth-order valence-corrected chi connectivity index (χ4v) is 17.4. The fraction of sp³-hybridized carbons (Fsp3) is 0.306. The molecule has 0 aliphatic carbocycles. The molecule has 0 unspecified atom stereocenters. The number of carbonyl (C=O) groups excluding carboxylic acids is 2. The predicted octanol–water partition coefficient (Wildman–Crippen LogP) is 16.5. The van der Waals surface area contributed by atoms with Gasteiger partial charge in [0.05, 0.1) is 71.3 Å². The number of thioether (sulfide) groups is 4. The minimum atomic E-state index is -0.375. The normalized spacial score (nSPS) is 14.2. The highest BCUT2D eigenvalue weighted by Crippen LogP contribution is 2.46. The number of aryl methyl sites for hydroxylation is 8. The molecular formula is C72H72Cl2N10O6S4. The van der Waals surface area contributed by atoms with Gasteiger partial charge in [-0.3, -0.25) is 18.7 Å². The van der Waals surface area contributed by atoms with Gasteiger partial charge in [0.1, 0.15) is 22.9 Å². The molecule has 12 aromatic rings. The third-order valence-electron chi connectivity index (χ3n) is 17.9. The summed E-state index contributed by atoms with van der Waals surface area (Å²) in [7, 11) is 14.6. The summed E-state index contributed by atoms with van der Waals surface area (Å²) >= 11 is 21.2. The van der Waals surface area contributed by atoms with Crippen LogP contribution in [0.4, 0.5) is 0 Å². The second kappa shape index (κ2) is 27.6. The van der Waals surface area contributed by atoms with E-state index in [2.05, 4.69) is 86.6 Å². The summed E-state index contributed by atoms with van der Waals surface area (Å²) < 4.78 is 35.3. The van der Waals surface area contributed by atoms with Gasteiger partial charge < -0.3 is 28.1 Å². The Balaban J connectivity index is 0.000000171. The van der Waals surface area contributed by atoms with E-state index < -0.39 is 0 Å². The molecule has 16 nitrogen and oxygen atoms in total. The van der Waals surface area contributed by atoms with E-state index in [-0.39, 0.29) is 11.9 Å². The number of hydrogen-bond acceptors (Lipinski definition) is 14. The molecular weight excluding hydrogens is 1300 g/mol. The Labute approximate surface area is 572 Å². The van der Waals surface area contributed by atoms with Crippen molar-refractivity contribution < 1.29 is 28.5 Å². The Morgan fingerprint density at radius 2 is 0.894 bits per heavy atom. The lowest BCUT2D eigenvalue weighted by atomic mass is 9.98. The van der Waals surface area contributed by atoms with Gasteiger partial charge in [-0.25, -0.2) is 9.59 Å².